The molecule has 0 radical (unpaired) electrons. The number of carbonyl (C=O) groups is 2. The van der Waals surface area contributed by atoms with Gasteiger partial charge < -0.3 is 14.8 Å². The minimum atomic E-state index is -0.395. The van der Waals surface area contributed by atoms with Crippen LogP contribution in [0.25, 0.3) is 0 Å². The molecule has 0 bridgehead atoms. The molecular formula is C16H22N6O2. The molecule has 2 atom stereocenters. The van der Waals surface area contributed by atoms with Gasteiger partial charge in [-0.1, -0.05) is 0 Å². The van der Waals surface area contributed by atoms with Crippen LogP contribution in [0.2, 0.25) is 0 Å². The average Bonchev–Trinajstić information content (AvgIpc) is 3.24. The molecule has 2 amide bonds. The van der Waals surface area contributed by atoms with Gasteiger partial charge in [-0.3, -0.25) is 14.3 Å². The zero-order valence-corrected chi connectivity index (χ0v) is 14.1. The Morgan fingerprint density at radius 1 is 1.42 bits per heavy atom. The van der Waals surface area contributed by atoms with Crippen molar-refractivity contribution < 1.29 is 9.59 Å². The Morgan fingerprint density at radius 2 is 2.21 bits per heavy atom. The molecule has 0 spiro atoms. The second-order valence-electron chi connectivity index (χ2n) is 6.16. The maximum Gasteiger partial charge on any atom is 0.226 e. The fourth-order valence-corrected chi connectivity index (χ4v) is 3.19. The van der Waals surface area contributed by atoms with Gasteiger partial charge in [-0.05, 0) is 6.92 Å². The van der Waals surface area contributed by atoms with Crippen molar-refractivity contribution in [2.24, 2.45) is 13.0 Å². The molecule has 2 aromatic rings. The molecule has 1 aliphatic rings. The van der Waals surface area contributed by atoms with Crippen molar-refractivity contribution in [3.8, 4) is 0 Å². The lowest BCUT2D eigenvalue weighted by atomic mass is 9.93. The average molecular weight is 330 g/mol. The molecule has 3 heterocycles. The third kappa shape index (κ3) is 2.91. The Balaban J connectivity index is 1.71. The fraction of sp³-hybridized carbons (Fsp3) is 0.500. The number of hydrogen-bond acceptors (Lipinski definition) is 4. The smallest absolute Gasteiger partial charge is 0.226 e. The van der Waals surface area contributed by atoms with E-state index in [4.69, 9.17) is 0 Å². The van der Waals surface area contributed by atoms with Crippen molar-refractivity contribution in [2.45, 2.75) is 25.9 Å². The summed E-state index contributed by atoms with van der Waals surface area (Å²) in [5.41, 5.74) is 1.90. The Morgan fingerprint density at radius 3 is 2.83 bits per heavy atom. The summed E-state index contributed by atoms with van der Waals surface area (Å²) in [6.45, 7) is 3.11. The third-order valence-corrected chi connectivity index (χ3v) is 4.74. The predicted molar refractivity (Wildman–Crippen MR) is 86.8 cm³/mol. The van der Waals surface area contributed by atoms with E-state index in [2.05, 4.69) is 15.4 Å². The van der Waals surface area contributed by atoms with Crippen LogP contribution in [-0.2, 0) is 23.2 Å². The summed E-state index contributed by atoms with van der Waals surface area (Å²) < 4.78 is 3.66. The molecule has 0 aromatic carbocycles. The van der Waals surface area contributed by atoms with Crippen LogP contribution >= 0.6 is 0 Å². The van der Waals surface area contributed by atoms with Gasteiger partial charge in [-0.15, -0.1) is 0 Å². The Kier molecular flexibility index (Phi) is 4.37. The monoisotopic (exact) mass is 330 g/mol. The number of nitrogens with one attached hydrogen (secondary N) is 1. The summed E-state index contributed by atoms with van der Waals surface area (Å²) in [7, 11) is 3.61. The minimum Gasteiger partial charge on any atom is -0.354 e. The molecule has 1 saturated heterocycles. The third-order valence-electron chi connectivity index (χ3n) is 4.74. The molecule has 0 saturated carbocycles. The van der Waals surface area contributed by atoms with Gasteiger partial charge in [0, 0.05) is 57.3 Å². The summed E-state index contributed by atoms with van der Waals surface area (Å²) in [4.78, 5) is 30.4. The van der Waals surface area contributed by atoms with Gasteiger partial charge in [0.25, 0.3) is 0 Å². The number of rotatable bonds is 5. The zero-order chi connectivity index (χ0) is 17.3. The lowest BCUT2D eigenvalue weighted by Gasteiger charge is -2.24. The molecule has 8 heteroatoms. The number of aromatic nitrogens is 4. The Bertz CT molecular complexity index is 736. The largest absolute Gasteiger partial charge is 0.354 e. The van der Waals surface area contributed by atoms with Crippen molar-refractivity contribution in [2.75, 3.05) is 13.6 Å². The van der Waals surface area contributed by atoms with Gasteiger partial charge in [0.1, 0.15) is 0 Å². The van der Waals surface area contributed by atoms with Crippen LogP contribution in [0.3, 0.4) is 0 Å². The number of amides is 2. The van der Waals surface area contributed by atoms with Crippen LogP contribution in [0.4, 0.5) is 0 Å². The van der Waals surface area contributed by atoms with Gasteiger partial charge in [-0.2, -0.15) is 5.10 Å². The van der Waals surface area contributed by atoms with Crippen molar-refractivity contribution in [3.63, 3.8) is 0 Å². The molecule has 128 valence electrons. The first-order chi connectivity index (χ1) is 11.5. The summed E-state index contributed by atoms with van der Waals surface area (Å²) in [6.07, 6.45) is 7.24. The highest BCUT2D eigenvalue weighted by molar-refractivity contribution is 5.90. The van der Waals surface area contributed by atoms with E-state index in [0.717, 1.165) is 11.3 Å². The molecular weight excluding hydrogens is 308 g/mol. The Labute approximate surface area is 140 Å². The van der Waals surface area contributed by atoms with Crippen LogP contribution in [0.15, 0.2) is 24.9 Å². The number of nitrogens with zero attached hydrogens (tertiary/aromatic N) is 5. The molecule has 3 rings (SSSR count). The van der Waals surface area contributed by atoms with Crippen molar-refractivity contribution in [1.29, 1.82) is 0 Å². The topological polar surface area (TPSA) is 85.1 Å². The van der Waals surface area contributed by atoms with Crippen LogP contribution in [0, 0.1) is 12.8 Å². The summed E-state index contributed by atoms with van der Waals surface area (Å²) >= 11 is 0. The van der Waals surface area contributed by atoms with Crippen LogP contribution < -0.4 is 5.32 Å². The molecule has 1 aliphatic heterocycles. The lowest BCUT2D eigenvalue weighted by Crippen LogP contribution is -2.36. The number of likely N-dealkylation sites (tertiary alicyclic amines) is 1. The van der Waals surface area contributed by atoms with E-state index in [1.165, 1.54) is 0 Å². The van der Waals surface area contributed by atoms with Gasteiger partial charge >= 0.3 is 0 Å². The highest BCUT2D eigenvalue weighted by Crippen LogP contribution is 2.38. The molecule has 0 unspecified atom stereocenters. The number of aryl methyl sites for hydroxylation is 1. The molecule has 2 aromatic heterocycles. The fourth-order valence-electron chi connectivity index (χ4n) is 3.19. The van der Waals surface area contributed by atoms with Gasteiger partial charge in [0.05, 0.1) is 24.5 Å². The van der Waals surface area contributed by atoms with E-state index in [-0.39, 0.29) is 24.3 Å². The number of carbonyl (C=O) groups excluding carboxylic acids is 2. The highest BCUT2D eigenvalue weighted by Gasteiger charge is 2.43. The van der Waals surface area contributed by atoms with E-state index >= 15 is 0 Å². The maximum atomic E-state index is 12.6. The Hall–Kier alpha value is -2.64. The molecule has 1 N–H and O–H groups in total. The molecule has 24 heavy (non-hydrogen) atoms. The predicted octanol–water partition coefficient (Wildman–Crippen LogP) is 0.261. The zero-order valence-electron chi connectivity index (χ0n) is 14.1. The lowest BCUT2D eigenvalue weighted by molar-refractivity contribution is -0.128. The van der Waals surface area contributed by atoms with Crippen molar-refractivity contribution >= 4 is 11.8 Å². The van der Waals surface area contributed by atoms with Crippen LogP contribution in [0.5, 0.6) is 0 Å². The maximum absolute atomic E-state index is 12.6. The standard InChI is InChI=1S/C16H22N6O2/c1-11-13(9-19-21(11)3)15-12(8-14(23)20(15)2)16(24)18-5-7-22-6-4-17-10-22/h4,6,9-10,12,15H,5,7-8H2,1-3H3,(H,18,24)/t12-,15-/m0/s1. The minimum absolute atomic E-state index is 0.0157. The number of hydrogen-bond donors (Lipinski definition) is 1. The van der Waals surface area contributed by atoms with Gasteiger partial charge in [-0.25, -0.2) is 4.98 Å². The van der Waals surface area contributed by atoms with Crippen molar-refractivity contribution in [1.82, 2.24) is 29.5 Å². The van der Waals surface area contributed by atoms with Crippen LogP contribution in [-0.4, -0.2) is 49.6 Å². The van der Waals surface area contributed by atoms with Gasteiger partial charge in [0.2, 0.25) is 11.8 Å². The van der Waals surface area contributed by atoms with Gasteiger partial charge in [0.15, 0.2) is 0 Å². The molecule has 0 aliphatic carbocycles. The molecule has 8 nitrogen and oxygen atoms in total. The van der Waals surface area contributed by atoms with E-state index in [0.29, 0.717) is 13.1 Å². The highest BCUT2D eigenvalue weighted by atomic mass is 16.2. The second kappa shape index (κ2) is 6.46. The normalized spacial score (nSPS) is 20.6. The van der Waals surface area contributed by atoms with E-state index < -0.39 is 5.92 Å². The van der Waals surface area contributed by atoms with E-state index in [1.54, 1.807) is 35.4 Å². The van der Waals surface area contributed by atoms with E-state index in [9.17, 15) is 9.59 Å². The van der Waals surface area contributed by atoms with Crippen molar-refractivity contribution in [3.05, 3.63) is 36.2 Å². The first kappa shape index (κ1) is 16.2. The SMILES string of the molecule is Cc1c([C@@H]2[C@@H](C(=O)NCCn3ccnc3)CC(=O)N2C)cnn1C. The second-order valence-corrected chi connectivity index (χ2v) is 6.16. The van der Waals surface area contributed by atoms with E-state index in [1.807, 2.05) is 24.7 Å². The summed E-state index contributed by atoms with van der Waals surface area (Å²) in [5.74, 6) is -0.507. The first-order valence-corrected chi connectivity index (χ1v) is 7.96. The summed E-state index contributed by atoms with van der Waals surface area (Å²) in [6, 6.07) is -0.264. The summed E-state index contributed by atoms with van der Waals surface area (Å²) in [5, 5.41) is 7.18. The first-order valence-electron chi connectivity index (χ1n) is 7.96. The van der Waals surface area contributed by atoms with Crippen LogP contribution in [0.1, 0.15) is 23.7 Å². The quantitative estimate of drug-likeness (QED) is 0.852. The molecule has 1 fully saturated rings. The number of imidazole rings is 1.